The lowest BCUT2D eigenvalue weighted by Gasteiger charge is -2.08. The highest BCUT2D eigenvalue weighted by Gasteiger charge is 2.17. The van der Waals surface area contributed by atoms with Crippen molar-refractivity contribution in [3.8, 4) is 0 Å². The van der Waals surface area contributed by atoms with E-state index in [-0.39, 0.29) is 0 Å². The van der Waals surface area contributed by atoms with Crippen LogP contribution in [0.1, 0.15) is 46.0 Å². The van der Waals surface area contributed by atoms with Gasteiger partial charge in [0.15, 0.2) is 0 Å². The average molecular weight is 182 g/mol. The molecule has 0 aliphatic heterocycles. The van der Waals surface area contributed by atoms with Gasteiger partial charge in [0.1, 0.15) is 0 Å². The molecule has 0 heterocycles. The fourth-order valence-electron chi connectivity index (χ4n) is 1.80. The predicted molar refractivity (Wildman–Crippen MR) is 57.9 cm³/mol. The highest BCUT2D eigenvalue weighted by molar-refractivity contribution is 5.83. The Kier molecular flexibility index (Phi) is 4.26. The number of nitrogens with two attached hydrogens (primary N) is 1. The van der Waals surface area contributed by atoms with Crippen molar-refractivity contribution in [2.24, 2.45) is 22.6 Å². The van der Waals surface area contributed by atoms with E-state index >= 15 is 0 Å². The van der Waals surface area contributed by atoms with Crippen LogP contribution in [0, 0.1) is 11.8 Å². The maximum atomic E-state index is 5.92. The molecule has 0 saturated heterocycles. The van der Waals surface area contributed by atoms with E-state index < -0.39 is 0 Å². The summed E-state index contributed by atoms with van der Waals surface area (Å²) in [5, 5.41) is 0. The zero-order valence-electron chi connectivity index (χ0n) is 8.92. The van der Waals surface area contributed by atoms with E-state index in [4.69, 9.17) is 5.73 Å². The molecule has 1 saturated carbocycles. The SMILES string of the molecule is CC(C)CCN=C(N)C1CCCC1. The monoisotopic (exact) mass is 182 g/mol. The molecule has 2 heteroatoms. The highest BCUT2D eigenvalue weighted by Crippen LogP contribution is 2.24. The maximum absolute atomic E-state index is 5.92. The summed E-state index contributed by atoms with van der Waals surface area (Å²) in [6, 6.07) is 0. The molecule has 0 unspecified atom stereocenters. The van der Waals surface area contributed by atoms with Gasteiger partial charge in [-0.15, -0.1) is 0 Å². The molecule has 13 heavy (non-hydrogen) atoms. The first-order valence-electron chi connectivity index (χ1n) is 5.50. The third kappa shape index (κ3) is 3.79. The summed E-state index contributed by atoms with van der Waals surface area (Å²) in [7, 11) is 0. The van der Waals surface area contributed by atoms with Gasteiger partial charge >= 0.3 is 0 Å². The fourth-order valence-corrected chi connectivity index (χ4v) is 1.80. The number of rotatable bonds is 4. The largest absolute Gasteiger partial charge is 0.387 e. The lowest BCUT2D eigenvalue weighted by Crippen LogP contribution is -2.21. The molecular formula is C11H22N2. The van der Waals surface area contributed by atoms with Gasteiger partial charge in [0.05, 0.1) is 5.84 Å². The van der Waals surface area contributed by atoms with E-state index in [9.17, 15) is 0 Å². The Morgan fingerprint density at radius 1 is 1.38 bits per heavy atom. The van der Waals surface area contributed by atoms with Gasteiger partial charge in [-0.25, -0.2) is 0 Å². The topological polar surface area (TPSA) is 38.4 Å². The van der Waals surface area contributed by atoms with Gasteiger partial charge < -0.3 is 5.73 Å². The molecule has 2 N–H and O–H groups in total. The van der Waals surface area contributed by atoms with E-state index in [0.717, 1.165) is 24.7 Å². The molecule has 2 nitrogen and oxygen atoms in total. The zero-order chi connectivity index (χ0) is 9.68. The Bertz CT molecular complexity index is 167. The van der Waals surface area contributed by atoms with Crippen LogP contribution in [0.25, 0.3) is 0 Å². The lowest BCUT2D eigenvalue weighted by molar-refractivity contribution is 0.593. The number of hydrogen-bond acceptors (Lipinski definition) is 1. The molecule has 0 aromatic heterocycles. The Morgan fingerprint density at radius 3 is 2.54 bits per heavy atom. The van der Waals surface area contributed by atoms with Crippen molar-refractivity contribution in [2.45, 2.75) is 46.0 Å². The maximum Gasteiger partial charge on any atom is 0.0968 e. The molecule has 0 atom stereocenters. The van der Waals surface area contributed by atoms with Gasteiger partial charge in [-0.3, -0.25) is 4.99 Å². The molecule has 0 amide bonds. The minimum Gasteiger partial charge on any atom is -0.387 e. The first-order valence-corrected chi connectivity index (χ1v) is 5.50. The normalized spacial score (nSPS) is 20.1. The van der Waals surface area contributed by atoms with Gasteiger partial charge in [0, 0.05) is 12.5 Å². The Hall–Kier alpha value is -0.530. The van der Waals surface area contributed by atoms with Crippen LogP contribution >= 0.6 is 0 Å². The fraction of sp³-hybridized carbons (Fsp3) is 0.909. The second kappa shape index (κ2) is 5.25. The standard InChI is InChI=1S/C11H22N2/c1-9(2)7-8-13-11(12)10-5-3-4-6-10/h9-10H,3-8H2,1-2H3,(H2,12,13). The van der Waals surface area contributed by atoms with Crippen molar-refractivity contribution >= 4 is 5.84 Å². The van der Waals surface area contributed by atoms with Crippen molar-refractivity contribution in [3.63, 3.8) is 0 Å². The van der Waals surface area contributed by atoms with Crippen LogP contribution in [-0.2, 0) is 0 Å². The van der Waals surface area contributed by atoms with Crippen molar-refractivity contribution in [1.29, 1.82) is 0 Å². The number of hydrogen-bond donors (Lipinski definition) is 1. The summed E-state index contributed by atoms with van der Waals surface area (Å²) in [5.41, 5.74) is 5.92. The van der Waals surface area contributed by atoms with Crippen molar-refractivity contribution < 1.29 is 0 Å². The summed E-state index contributed by atoms with van der Waals surface area (Å²) >= 11 is 0. The summed E-state index contributed by atoms with van der Waals surface area (Å²) in [6.07, 6.45) is 6.36. The highest BCUT2D eigenvalue weighted by atomic mass is 14.9. The summed E-state index contributed by atoms with van der Waals surface area (Å²) in [5.74, 6) is 2.26. The smallest absolute Gasteiger partial charge is 0.0968 e. The van der Waals surface area contributed by atoms with Crippen molar-refractivity contribution in [1.82, 2.24) is 0 Å². The van der Waals surface area contributed by atoms with Gasteiger partial charge in [0.25, 0.3) is 0 Å². The van der Waals surface area contributed by atoms with E-state index in [2.05, 4.69) is 18.8 Å². The number of aliphatic imine (C=N–C) groups is 1. The van der Waals surface area contributed by atoms with E-state index in [0.29, 0.717) is 5.92 Å². The molecule has 1 aliphatic rings. The molecule has 1 fully saturated rings. The number of nitrogens with zero attached hydrogens (tertiary/aromatic N) is 1. The van der Waals surface area contributed by atoms with E-state index in [1.54, 1.807) is 0 Å². The summed E-state index contributed by atoms with van der Waals surface area (Å²) in [6.45, 7) is 5.36. The Labute approximate surface area is 81.6 Å². The minimum absolute atomic E-state index is 0.604. The van der Waals surface area contributed by atoms with Crippen LogP contribution in [-0.4, -0.2) is 12.4 Å². The van der Waals surface area contributed by atoms with E-state index in [1.165, 1.54) is 25.7 Å². The van der Waals surface area contributed by atoms with Gasteiger partial charge in [-0.2, -0.15) is 0 Å². The lowest BCUT2D eigenvalue weighted by atomic mass is 10.1. The molecule has 1 rings (SSSR count). The molecule has 0 aromatic rings. The molecule has 0 bridgehead atoms. The van der Waals surface area contributed by atoms with Gasteiger partial charge in [-0.1, -0.05) is 26.7 Å². The third-order valence-electron chi connectivity index (χ3n) is 2.77. The van der Waals surface area contributed by atoms with Crippen LogP contribution in [0.2, 0.25) is 0 Å². The molecule has 1 aliphatic carbocycles. The first-order chi connectivity index (χ1) is 6.20. The summed E-state index contributed by atoms with van der Waals surface area (Å²) < 4.78 is 0. The Balaban J connectivity index is 2.24. The van der Waals surface area contributed by atoms with Crippen molar-refractivity contribution in [3.05, 3.63) is 0 Å². The Morgan fingerprint density at radius 2 is 2.00 bits per heavy atom. The number of amidine groups is 1. The predicted octanol–water partition coefficient (Wildman–Crippen LogP) is 2.58. The van der Waals surface area contributed by atoms with Gasteiger partial charge in [0.2, 0.25) is 0 Å². The van der Waals surface area contributed by atoms with Crippen LogP contribution in [0.5, 0.6) is 0 Å². The molecular weight excluding hydrogens is 160 g/mol. The van der Waals surface area contributed by atoms with Crippen LogP contribution < -0.4 is 5.73 Å². The van der Waals surface area contributed by atoms with Crippen LogP contribution in [0.4, 0.5) is 0 Å². The second-order valence-electron chi connectivity index (χ2n) is 4.47. The molecule has 0 radical (unpaired) electrons. The van der Waals surface area contributed by atoms with Crippen LogP contribution in [0.3, 0.4) is 0 Å². The molecule has 76 valence electrons. The zero-order valence-corrected chi connectivity index (χ0v) is 8.92. The second-order valence-corrected chi connectivity index (χ2v) is 4.47. The van der Waals surface area contributed by atoms with Crippen molar-refractivity contribution in [2.75, 3.05) is 6.54 Å². The molecule has 0 aromatic carbocycles. The quantitative estimate of drug-likeness (QED) is 0.526. The van der Waals surface area contributed by atoms with Crippen LogP contribution in [0.15, 0.2) is 4.99 Å². The van der Waals surface area contributed by atoms with Gasteiger partial charge in [-0.05, 0) is 25.2 Å². The third-order valence-corrected chi connectivity index (χ3v) is 2.77. The summed E-state index contributed by atoms with van der Waals surface area (Å²) in [4.78, 5) is 4.44. The molecule has 0 spiro atoms. The first kappa shape index (κ1) is 10.6. The minimum atomic E-state index is 0.604. The average Bonchev–Trinajstić information content (AvgIpc) is 2.55. The van der Waals surface area contributed by atoms with E-state index in [1.807, 2.05) is 0 Å².